The summed E-state index contributed by atoms with van der Waals surface area (Å²) in [5, 5.41) is 4.89. The topological polar surface area (TPSA) is 42.0 Å². The summed E-state index contributed by atoms with van der Waals surface area (Å²) in [5.74, 6) is -0.125. The van der Waals surface area contributed by atoms with Gasteiger partial charge in [0.05, 0.1) is 5.56 Å². The van der Waals surface area contributed by atoms with Crippen LogP contribution < -0.4 is 5.32 Å². The lowest BCUT2D eigenvalue weighted by Gasteiger charge is -2.10. The largest absolute Gasteiger partial charge is 0.350 e. The van der Waals surface area contributed by atoms with Crippen LogP contribution >= 0.6 is 11.6 Å². The fraction of sp³-hybridized carbons (Fsp3) is 0.231. The number of hydrogen-bond acceptors (Lipinski definition) is 2. The van der Waals surface area contributed by atoms with E-state index in [9.17, 15) is 4.79 Å². The van der Waals surface area contributed by atoms with Crippen molar-refractivity contribution in [1.29, 1.82) is 0 Å². The molecule has 0 saturated heterocycles. The number of nitrogens with one attached hydrogen (secondary N) is 1. The number of nitrogens with zero attached hydrogens (tertiary/aromatic N) is 1. The maximum absolute atomic E-state index is 12.0. The summed E-state index contributed by atoms with van der Waals surface area (Å²) in [7, 11) is 0. The van der Waals surface area contributed by atoms with Crippen molar-refractivity contribution in [3.8, 4) is 0 Å². The van der Waals surface area contributed by atoms with Gasteiger partial charge in [-0.15, -0.1) is 0 Å². The molecule has 0 radical (unpaired) electrons. The first-order valence-corrected chi connectivity index (χ1v) is 5.81. The number of rotatable bonds is 2. The Morgan fingerprint density at radius 2 is 1.94 bits per heavy atom. The summed E-state index contributed by atoms with van der Waals surface area (Å²) in [6.45, 7) is 3.84. The molecule has 0 aliphatic heterocycles. The molecule has 0 aliphatic rings. The molecule has 4 heteroatoms. The van der Waals surface area contributed by atoms with E-state index in [2.05, 4.69) is 10.3 Å². The highest BCUT2D eigenvalue weighted by Crippen LogP contribution is 2.24. The molecule has 1 N–H and O–H groups in total. The lowest BCUT2D eigenvalue weighted by atomic mass is 10.1. The van der Waals surface area contributed by atoms with Gasteiger partial charge in [-0.2, -0.15) is 0 Å². The van der Waals surface area contributed by atoms with Gasteiger partial charge in [-0.25, -0.2) is 4.98 Å². The van der Waals surface area contributed by atoms with Gasteiger partial charge in [0.15, 0.2) is 0 Å². The van der Waals surface area contributed by atoms with Crippen LogP contribution in [0.3, 0.4) is 0 Å². The first-order chi connectivity index (χ1) is 8.09. The number of pyridine rings is 1. The molecule has 1 aromatic carbocycles. The Bertz CT molecular complexity index is 566. The highest BCUT2D eigenvalue weighted by molar-refractivity contribution is 6.34. The summed E-state index contributed by atoms with van der Waals surface area (Å²) in [6, 6.07) is 7.58. The second kappa shape index (κ2) is 4.72. The molecular weight excluding hydrogens is 236 g/mol. The Hall–Kier alpha value is -1.61. The minimum Gasteiger partial charge on any atom is -0.350 e. The van der Waals surface area contributed by atoms with Gasteiger partial charge < -0.3 is 5.32 Å². The van der Waals surface area contributed by atoms with Crippen molar-refractivity contribution in [2.45, 2.75) is 19.9 Å². The van der Waals surface area contributed by atoms with E-state index in [1.165, 1.54) is 6.20 Å². The molecule has 3 nitrogen and oxygen atoms in total. The van der Waals surface area contributed by atoms with Crippen molar-refractivity contribution in [2.75, 3.05) is 0 Å². The number of hydrogen-bond donors (Lipinski definition) is 1. The summed E-state index contributed by atoms with van der Waals surface area (Å²) in [5.41, 5.74) is 0.554. The van der Waals surface area contributed by atoms with Crippen LogP contribution in [0.4, 0.5) is 0 Å². The molecule has 0 fully saturated rings. The van der Waals surface area contributed by atoms with Crippen molar-refractivity contribution in [3.63, 3.8) is 0 Å². The van der Waals surface area contributed by atoms with E-state index < -0.39 is 0 Å². The van der Waals surface area contributed by atoms with Crippen LogP contribution in [0.1, 0.15) is 24.2 Å². The Morgan fingerprint density at radius 3 is 2.59 bits per heavy atom. The van der Waals surface area contributed by atoms with Gasteiger partial charge in [0.2, 0.25) is 0 Å². The molecule has 1 aromatic heterocycles. The highest BCUT2D eigenvalue weighted by atomic mass is 35.5. The Balaban J connectivity index is 2.55. The van der Waals surface area contributed by atoms with Crippen LogP contribution in [-0.4, -0.2) is 16.9 Å². The van der Waals surface area contributed by atoms with Gasteiger partial charge in [-0.3, -0.25) is 4.79 Å². The van der Waals surface area contributed by atoms with Gasteiger partial charge in [0.25, 0.3) is 5.91 Å². The van der Waals surface area contributed by atoms with Crippen LogP contribution in [0.25, 0.3) is 10.8 Å². The van der Waals surface area contributed by atoms with Crippen molar-refractivity contribution in [2.24, 2.45) is 0 Å². The van der Waals surface area contributed by atoms with E-state index in [1.54, 1.807) is 0 Å². The molecule has 88 valence electrons. The average molecular weight is 249 g/mol. The minimum absolute atomic E-state index is 0.0944. The Labute approximate surface area is 105 Å². The maximum Gasteiger partial charge on any atom is 0.253 e. The third kappa shape index (κ3) is 2.39. The molecule has 1 heterocycles. The van der Waals surface area contributed by atoms with Crippen molar-refractivity contribution < 1.29 is 4.79 Å². The molecule has 2 rings (SSSR count). The molecule has 2 aromatic rings. The van der Waals surface area contributed by atoms with Gasteiger partial charge in [-0.05, 0) is 19.2 Å². The molecule has 0 aliphatic carbocycles. The standard InChI is InChI=1S/C13H13ClN2O/c1-8(2)16-13(17)11-7-15-12(14)10-6-4-3-5-9(10)11/h3-8H,1-2H3,(H,16,17). The lowest BCUT2D eigenvalue weighted by Crippen LogP contribution is -2.30. The van der Waals surface area contributed by atoms with Crippen LogP contribution in [0.5, 0.6) is 0 Å². The molecule has 0 spiro atoms. The zero-order valence-corrected chi connectivity index (χ0v) is 10.5. The van der Waals surface area contributed by atoms with Crippen LogP contribution in [0.2, 0.25) is 5.15 Å². The quantitative estimate of drug-likeness (QED) is 0.830. The van der Waals surface area contributed by atoms with Crippen LogP contribution in [0.15, 0.2) is 30.5 Å². The third-order valence-corrected chi connectivity index (χ3v) is 2.71. The molecule has 0 atom stereocenters. The third-order valence-electron chi connectivity index (χ3n) is 2.41. The molecule has 0 bridgehead atoms. The SMILES string of the molecule is CC(C)NC(=O)c1cnc(Cl)c2ccccc12. The fourth-order valence-electron chi connectivity index (χ4n) is 1.68. The first kappa shape index (κ1) is 11.9. The van der Waals surface area contributed by atoms with Crippen LogP contribution in [-0.2, 0) is 0 Å². The normalized spacial score (nSPS) is 10.8. The second-order valence-corrected chi connectivity index (χ2v) is 4.49. The maximum atomic E-state index is 12.0. The van der Waals surface area contributed by atoms with Gasteiger partial charge in [-0.1, -0.05) is 35.9 Å². The number of benzene rings is 1. The molecule has 17 heavy (non-hydrogen) atoms. The van der Waals surface area contributed by atoms with Crippen molar-refractivity contribution >= 4 is 28.3 Å². The number of halogens is 1. The van der Waals surface area contributed by atoms with Crippen LogP contribution in [0, 0.1) is 0 Å². The van der Waals surface area contributed by atoms with Crippen molar-refractivity contribution in [3.05, 3.63) is 41.2 Å². The summed E-state index contributed by atoms with van der Waals surface area (Å²) in [4.78, 5) is 16.0. The fourth-order valence-corrected chi connectivity index (χ4v) is 1.89. The Kier molecular flexibility index (Phi) is 3.29. The van der Waals surface area contributed by atoms with E-state index >= 15 is 0 Å². The number of aromatic nitrogens is 1. The van der Waals surface area contributed by atoms with Crippen molar-refractivity contribution in [1.82, 2.24) is 10.3 Å². The molecule has 1 amide bonds. The number of fused-ring (bicyclic) bond motifs is 1. The van der Waals surface area contributed by atoms with E-state index in [1.807, 2.05) is 38.1 Å². The number of carbonyl (C=O) groups is 1. The van der Waals surface area contributed by atoms with Gasteiger partial charge in [0, 0.05) is 17.6 Å². The zero-order valence-electron chi connectivity index (χ0n) is 9.70. The first-order valence-electron chi connectivity index (χ1n) is 5.43. The van der Waals surface area contributed by atoms with Gasteiger partial charge >= 0.3 is 0 Å². The summed E-state index contributed by atoms with van der Waals surface area (Å²) in [6.07, 6.45) is 1.52. The van der Waals surface area contributed by atoms with E-state index in [0.29, 0.717) is 10.7 Å². The molecular formula is C13H13ClN2O. The average Bonchev–Trinajstić information content (AvgIpc) is 2.29. The number of amides is 1. The Morgan fingerprint density at radius 1 is 1.29 bits per heavy atom. The predicted octanol–water partition coefficient (Wildman–Crippen LogP) is 3.03. The van der Waals surface area contributed by atoms with E-state index in [-0.39, 0.29) is 11.9 Å². The monoisotopic (exact) mass is 248 g/mol. The van der Waals surface area contributed by atoms with E-state index in [4.69, 9.17) is 11.6 Å². The molecule has 0 saturated carbocycles. The zero-order chi connectivity index (χ0) is 12.4. The predicted molar refractivity (Wildman–Crippen MR) is 69.4 cm³/mol. The lowest BCUT2D eigenvalue weighted by molar-refractivity contribution is 0.0944. The summed E-state index contributed by atoms with van der Waals surface area (Å²) < 4.78 is 0. The van der Waals surface area contributed by atoms with Gasteiger partial charge in [0.1, 0.15) is 5.15 Å². The smallest absolute Gasteiger partial charge is 0.253 e. The second-order valence-electron chi connectivity index (χ2n) is 4.14. The van der Waals surface area contributed by atoms with E-state index in [0.717, 1.165) is 10.8 Å². The highest BCUT2D eigenvalue weighted by Gasteiger charge is 2.12. The molecule has 0 unspecified atom stereocenters. The minimum atomic E-state index is -0.125. The number of carbonyl (C=O) groups excluding carboxylic acids is 1. The summed E-state index contributed by atoms with van der Waals surface area (Å²) >= 11 is 6.00.